The van der Waals surface area contributed by atoms with Crippen molar-refractivity contribution in [3.05, 3.63) is 48.3 Å². The number of rotatable bonds is 4. The van der Waals surface area contributed by atoms with Gasteiger partial charge in [-0.05, 0) is 12.1 Å². The number of aromatic nitrogens is 2. The minimum absolute atomic E-state index is 0.0651. The fourth-order valence-electron chi connectivity index (χ4n) is 2.73. The summed E-state index contributed by atoms with van der Waals surface area (Å²) in [6.45, 7) is 1.24. The summed E-state index contributed by atoms with van der Waals surface area (Å²) in [6, 6.07) is 5.73. The SMILES string of the molecule is CN=C(C(F)=CN)N1CC(C(=O)NCc2cnc3ccccn23)C1. The van der Waals surface area contributed by atoms with Gasteiger partial charge in [0.1, 0.15) is 5.65 Å². The topological polar surface area (TPSA) is 88.0 Å². The largest absolute Gasteiger partial charge is 0.402 e. The number of nitrogens with one attached hydrogen (secondary N) is 1. The minimum Gasteiger partial charge on any atom is -0.402 e. The standard InChI is InChI=1S/C16H19FN6O/c1-19-15(13(17)6-18)22-9-11(10-22)16(24)21-8-12-7-20-14-4-2-3-5-23(12)14/h2-7,11H,8-10,18H2,1H3,(H,21,24). The van der Waals surface area contributed by atoms with Crippen molar-refractivity contribution in [2.45, 2.75) is 6.54 Å². The third kappa shape index (κ3) is 2.94. The molecule has 1 aliphatic rings. The van der Waals surface area contributed by atoms with E-state index in [9.17, 15) is 9.18 Å². The second-order valence-electron chi connectivity index (χ2n) is 5.56. The van der Waals surface area contributed by atoms with Crippen molar-refractivity contribution in [2.75, 3.05) is 20.1 Å². The number of hydrogen-bond donors (Lipinski definition) is 2. The van der Waals surface area contributed by atoms with Crippen LogP contribution in [0.15, 0.2) is 47.6 Å². The molecule has 3 rings (SSSR count). The van der Waals surface area contributed by atoms with Gasteiger partial charge < -0.3 is 20.4 Å². The van der Waals surface area contributed by atoms with Crippen molar-refractivity contribution in [3.63, 3.8) is 0 Å². The van der Waals surface area contributed by atoms with Crippen molar-refractivity contribution in [1.82, 2.24) is 19.6 Å². The van der Waals surface area contributed by atoms with Gasteiger partial charge in [0, 0.05) is 32.5 Å². The number of carbonyl (C=O) groups excluding carboxylic acids is 1. The van der Waals surface area contributed by atoms with Crippen LogP contribution in [0, 0.1) is 5.92 Å². The molecule has 0 aliphatic carbocycles. The molecule has 126 valence electrons. The van der Waals surface area contributed by atoms with E-state index in [1.807, 2.05) is 28.8 Å². The lowest BCUT2D eigenvalue weighted by atomic mass is 9.98. The summed E-state index contributed by atoms with van der Waals surface area (Å²) in [4.78, 5) is 22.1. The Kier molecular flexibility index (Phi) is 4.45. The monoisotopic (exact) mass is 330 g/mol. The lowest BCUT2D eigenvalue weighted by Gasteiger charge is -2.39. The second-order valence-corrected chi connectivity index (χ2v) is 5.56. The number of imidazole rings is 1. The summed E-state index contributed by atoms with van der Waals surface area (Å²) in [5.74, 6) is -0.651. The number of hydrogen-bond acceptors (Lipinski definition) is 4. The Bertz CT molecular complexity index is 806. The molecule has 0 atom stereocenters. The molecule has 3 N–H and O–H groups in total. The van der Waals surface area contributed by atoms with E-state index in [2.05, 4.69) is 15.3 Å². The van der Waals surface area contributed by atoms with E-state index < -0.39 is 5.83 Å². The molecule has 0 aromatic carbocycles. The Morgan fingerprint density at radius 3 is 3.04 bits per heavy atom. The van der Waals surface area contributed by atoms with Crippen LogP contribution in [-0.4, -0.2) is 46.2 Å². The molecule has 3 heterocycles. The smallest absolute Gasteiger partial charge is 0.227 e. The zero-order valence-corrected chi connectivity index (χ0v) is 13.3. The third-order valence-electron chi connectivity index (χ3n) is 4.06. The molecule has 24 heavy (non-hydrogen) atoms. The zero-order chi connectivity index (χ0) is 17.1. The van der Waals surface area contributed by atoms with Crippen LogP contribution in [0.1, 0.15) is 5.69 Å². The average molecular weight is 330 g/mol. The second kappa shape index (κ2) is 6.69. The zero-order valence-electron chi connectivity index (χ0n) is 13.3. The van der Waals surface area contributed by atoms with Gasteiger partial charge in [-0.3, -0.25) is 9.79 Å². The maximum atomic E-state index is 13.5. The highest BCUT2D eigenvalue weighted by molar-refractivity contribution is 5.97. The molecule has 2 aromatic rings. The highest BCUT2D eigenvalue weighted by atomic mass is 19.1. The van der Waals surface area contributed by atoms with Crippen LogP contribution in [0.25, 0.3) is 5.65 Å². The van der Waals surface area contributed by atoms with Gasteiger partial charge in [-0.1, -0.05) is 6.07 Å². The number of halogens is 1. The number of nitrogens with two attached hydrogens (primary N) is 1. The lowest BCUT2D eigenvalue weighted by Crippen LogP contribution is -2.55. The van der Waals surface area contributed by atoms with Gasteiger partial charge >= 0.3 is 0 Å². The summed E-state index contributed by atoms with van der Waals surface area (Å²) < 4.78 is 15.5. The van der Waals surface area contributed by atoms with Crippen LogP contribution < -0.4 is 11.1 Å². The van der Waals surface area contributed by atoms with Gasteiger partial charge in [0.15, 0.2) is 11.7 Å². The van der Waals surface area contributed by atoms with Crippen LogP contribution >= 0.6 is 0 Å². The maximum Gasteiger partial charge on any atom is 0.227 e. The molecule has 1 saturated heterocycles. The van der Waals surface area contributed by atoms with Crippen molar-refractivity contribution in [1.29, 1.82) is 0 Å². The Labute approximate surface area is 138 Å². The van der Waals surface area contributed by atoms with Crippen molar-refractivity contribution < 1.29 is 9.18 Å². The number of fused-ring (bicyclic) bond motifs is 1. The minimum atomic E-state index is -0.581. The lowest BCUT2D eigenvalue weighted by molar-refractivity contribution is -0.128. The Morgan fingerprint density at radius 2 is 2.33 bits per heavy atom. The van der Waals surface area contributed by atoms with Crippen molar-refractivity contribution in [2.24, 2.45) is 16.6 Å². The van der Waals surface area contributed by atoms with Gasteiger partial charge in [0.05, 0.1) is 24.4 Å². The number of amides is 1. The van der Waals surface area contributed by atoms with Crippen LogP contribution in [0.3, 0.4) is 0 Å². The molecular formula is C16H19FN6O. The van der Waals surface area contributed by atoms with E-state index in [0.29, 0.717) is 19.6 Å². The number of carbonyl (C=O) groups is 1. The number of nitrogens with zero attached hydrogens (tertiary/aromatic N) is 4. The quantitative estimate of drug-likeness (QED) is 0.637. The Hall–Kier alpha value is -2.90. The van der Waals surface area contributed by atoms with E-state index >= 15 is 0 Å². The fraction of sp³-hybridized carbons (Fsp3) is 0.312. The summed E-state index contributed by atoms with van der Waals surface area (Å²) in [7, 11) is 1.50. The first-order valence-corrected chi connectivity index (χ1v) is 7.62. The molecule has 8 heteroatoms. The van der Waals surface area contributed by atoms with Crippen LogP contribution in [0.2, 0.25) is 0 Å². The normalized spacial score (nSPS) is 16.3. The molecule has 7 nitrogen and oxygen atoms in total. The Morgan fingerprint density at radius 1 is 1.54 bits per heavy atom. The van der Waals surface area contributed by atoms with Gasteiger partial charge in [-0.25, -0.2) is 9.37 Å². The van der Waals surface area contributed by atoms with Gasteiger partial charge in [0.25, 0.3) is 0 Å². The van der Waals surface area contributed by atoms with Gasteiger partial charge in [-0.2, -0.15) is 0 Å². The first-order chi connectivity index (χ1) is 11.6. The molecule has 1 amide bonds. The molecular weight excluding hydrogens is 311 g/mol. The van der Waals surface area contributed by atoms with E-state index in [1.54, 1.807) is 11.1 Å². The summed E-state index contributed by atoms with van der Waals surface area (Å²) in [5.41, 5.74) is 6.92. The maximum absolute atomic E-state index is 13.5. The van der Waals surface area contributed by atoms with Crippen LogP contribution in [0.5, 0.6) is 0 Å². The first-order valence-electron chi connectivity index (χ1n) is 7.62. The number of amidine groups is 1. The third-order valence-corrected chi connectivity index (χ3v) is 4.06. The van der Waals surface area contributed by atoms with E-state index in [-0.39, 0.29) is 17.7 Å². The number of likely N-dealkylation sites (tertiary alicyclic amines) is 1. The highest BCUT2D eigenvalue weighted by Crippen LogP contribution is 2.19. The number of aliphatic imine (C=N–C) groups is 1. The molecule has 0 spiro atoms. The summed E-state index contributed by atoms with van der Waals surface area (Å²) >= 11 is 0. The highest BCUT2D eigenvalue weighted by Gasteiger charge is 2.35. The molecule has 2 aromatic heterocycles. The van der Waals surface area contributed by atoms with Crippen molar-refractivity contribution >= 4 is 17.4 Å². The van der Waals surface area contributed by atoms with Gasteiger partial charge in [0.2, 0.25) is 5.91 Å². The summed E-state index contributed by atoms with van der Waals surface area (Å²) in [5, 5.41) is 2.90. The molecule has 0 saturated carbocycles. The molecule has 1 aliphatic heterocycles. The van der Waals surface area contributed by atoms with Crippen molar-refractivity contribution in [3.8, 4) is 0 Å². The predicted molar refractivity (Wildman–Crippen MR) is 88.8 cm³/mol. The van der Waals surface area contributed by atoms with E-state index in [1.165, 1.54) is 7.05 Å². The Balaban J connectivity index is 1.54. The van der Waals surface area contributed by atoms with E-state index in [0.717, 1.165) is 17.5 Å². The molecule has 0 unspecified atom stereocenters. The predicted octanol–water partition coefficient (Wildman–Crippen LogP) is 0.680. The first kappa shape index (κ1) is 16.0. The summed E-state index contributed by atoms with van der Waals surface area (Å²) in [6.07, 6.45) is 4.52. The van der Waals surface area contributed by atoms with E-state index in [4.69, 9.17) is 5.73 Å². The molecule has 1 fully saturated rings. The fourth-order valence-corrected chi connectivity index (χ4v) is 2.73. The van der Waals surface area contributed by atoms with Crippen LogP contribution in [-0.2, 0) is 11.3 Å². The van der Waals surface area contributed by atoms with Gasteiger partial charge in [-0.15, -0.1) is 0 Å². The van der Waals surface area contributed by atoms with Crippen LogP contribution in [0.4, 0.5) is 4.39 Å². The molecule has 0 radical (unpaired) electrons. The molecule has 0 bridgehead atoms. The number of pyridine rings is 1. The average Bonchev–Trinajstić information content (AvgIpc) is 2.98.